The van der Waals surface area contributed by atoms with Gasteiger partial charge >= 0.3 is 5.97 Å². The molecular formula is C15H29NO2. The van der Waals surface area contributed by atoms with Crippen LogP contribution in [0.4, 0.5) is 0 Å². The van der Waals surface area contributed by atoms with Crippen LogP contribution in [0.25, 0.3) is 0 Å². The highest BCUT2D eigenvalue weighted by Gasteiger charge is 2.32. The Bertz CT molecular complexity index is 283. The number of hydrogen-bond donors (Lipinski definition) is 0. The Labute approximate surface area is 112 Å². The van der Waals surface area contributed by atoms with Gasteiger partial charge in [-0.05, 0) is 53.5 Å². The smallest absolute Gasteiger partial charge is 0.323 e. The van der Waals surface area contributed by atoms with E-state index < -0.39 is 5.60 Å². The zero-order valence-electron chi connectivity index (χ0n) is 12.8. The third-order valence-electron chi connectivity index (χ3n) is 3.95. The first-order chi connectivity index (χ1) is 8.22. The topological polar surface area (TPSA) is 29.5 Å². The van der Waals surface area contributed by atoms with Crippen LogP contribution in [0.2, 0.25) is 0 Å². The molecule has 3 heteroatoms. The van der Waals surface area contributed by atoms with Crippen molar-refractivity contribution in [2.75, 3.05) is 7.05 Å². The average Bonchev–Trinajstić information content (AvgIpc) is 2.25. The summed E-state index contributed by atoms with van der Waals surface area (Å²) in [6.45, 7) is 10.0. The molecule has 0 bridgehead atoms. The minimum atomic E-state index is -0.398. The zero-order valence-corrected chi connectivity index (χ0v) is 12.8. The normalized spacial score (nSPS) is 27.1. The second-order valence-corrected chi connectivity index (χ2v) is 6.70. The van der Waals surface area contributed by atoms with Crippen molar-refractivity contribution in [2.24, 2.45) is 5.92 Å². The number of hydrogen-bond acceptors (Lipinski definition) is 3. The number of esters is 1. The molecule has 18 heavy (non-hydrogen) atoms. The first-order valence-electron chi connectivity index (χ1n) is 7.17. The van der Waals surface area contributed by atoms with Crippen molar-refractivity contribution in [3.05, 3.63) is 0 Å². The molecule has 1 aliphatic carbocycles. The first-order valence-corrected chi connectivity index (χ1v) is 7.17. The fraction of sp³-hybridized carbons (Fsp3) is 0.933. The van der Waals surface area contributed by atoms with Crippen molar-refractivity contribution in [3.63, 3.8) is 0 Å². The fourth-order valence-electron chi connectivity index (χ4n) is 2.74. The molecule has 0 aromatic rings. The summed E-state index contributed by atoms with van der Waals surface area (Å²) < 4.78 is 5.47. The van der Waals surface area contributed by atoms with Gasteiger partial charge in [-0.3, -0.25) is 9.69 Å². The molecule has 0 radical (unpaired) electrons. The van der Waals surface area contributed by atoms with E-state index in [0.717, 1.165) is 0 Å². The molecule has 0 saturated heterocycles. The van der Waals surface area contributed by atoms with Gasteiger partial charge < -0.3 is 4.74 Å². The van der Waals surface area contributed by atoms with E-state index in [9.17, 15) is 4.79 Å². The van der Waals surface area contributed by atoms with Crippen LogP contribution in [0.5, 0.6) is 0 Å². The van der Waals surface area contributed by atoms with Crippen LogP contribution in [-0.2, 0) is 9.53 Å². The number of likely N-dealkylation sites (N-methyl/N-ethyl adjacent to an activating group) is 1. The Morgan fingerprint density at radius 1 is 1.28 bits per heavy atom. The van der Waals surface area contributed by atoms with E-state index in [1.807, 2.05) is 27.7 Å². The Morgan fingerprint density at radius 3 is 2.33 bits per heavy atom. The van der Waals surface area contributed by atoms with E-state index in [2.05, 4.69) is 18.9 Å². The Morgan fingerprint density at radius 2 is 1.83 bits per heavy atom. The molecule has 3 nitrogen and oxygen atoms in total. The molecule has 1 fully saturated rings. The van der Waals surface area contributed by atoms with Crippen LogP contribution < -0.4 is 0 Å². The number of carbonyl (C=O) groups excluding carboxylic acids is 1. The van der Waals surface area contributed by atoms with Crippen molar-refractivity contribution in [1.82, 2.24) is 4.90 Å². The molecule has 0 amide bonds. The van der Waals surface area contributed by atoms with Crippen molar-refractivity contribution < 1.29 is 9.53 Å². The van der Waals surface area contributed by atoms with Crippen LogP contribution in [0.15, 0.2) is 0 Å². The van der Waals surface area contributed by atoms with Gasteiger partial charge in [-0.15, -0.1) is 0 Å². The molecule has 0 N–H and O–H groups in total. The zero-order chi connectivity index (χ0) is 13.9. The molecule has 0 aromatic heterocycles. The van der Waals surface area contributed by atoms with E-state index in [-0.39, 0.29) is 12.0 Å². The minimum absolute atomic E-state index is 0.109. The molecule has 0 heterocycles. The predicted molar refractivity (Wildman–Crippen MR) is 74.5 cm³/mol. The van der Waals surface area contributed by atoms with Gasteiger partial charge in [-0.2, -0.15) is 0 Å². The van der Waals surface area contributed by atoms with Crippen molar-refractivity contribution >= 4 is 5.97 Å². The van der Waals surface area contributed by atoms with Crippen LogP contribution in [0, 0.1) is 5.92 Å². The molecule has 0 aliphatic heterocycles. The standard InChI is InChI=1S/C15H29NO2/c1-11-9-7-8-10-13(11)16(6)12(2)14(17)18-15(3,4)5/h11-13H,7-10H2,1-6H3. The van der Waals surface area contributed by atoms with Gasteiger partial charge in [0.15, 0.2) is 0 Å². The summed E-state index contributed by atoms with van der Waals surface area (Å²) in [7, 11) is 2.06. The van der Waals surface area contributed by atoms with Gasteiger partial charge in [-0.25, -0.2) is 0 Å². The van der Waals surface area contributed by atoms with Crippen molar-refractivity contribution in [1.29, 1.82) is 0 Å². The number of ether oxygens (including phenoxy) is 1. The lowest BCUT2D eigenvalue weighted by Crippen LogP contribution is -2.48. The summed E-state index contributed by atoms with van der Waals surface area (Å²) in [5.74, 6) is 0.566. The second kappa shape index (κ2) is 6.05. The Kier molecular flexibility index (Phi) is 5.20. The summed E-state index contributed by atoms with van der Waals surface area (Å²) in [4.78, 5) is 14.3. The predicted octanol–water partition coefficient (Wildman–Crippen LogP) is 3.23. The maximum absolute atomic E-state index is 12.1. The summed E-state index contributed by atoms with van der Waals surface area (Å²) in [6.07, 6.45) is 5.08. The first kappa shape index (κ1) is 15.5. The van der Waals surface area contributed by atoms with E-state index in [0.29, 0.717) is 12.0 Å². The molecule has 3 unspecified atom stereocenters. The van der Waals surface area contributed by atoms with Crippen LogP contribution in [0.1, 0.15) is 60.3 Å². The highest BCUT2D eigenvalue weighted by atomic mass is 16.6. The van der Waals surface area contributed by atoms with E-state index in [1.165, 1.54) is 25.7 Å². The quantitative estimate of drug-likeness (QED) is 0.725. The molecule has 0 aromatic carbocycles. The maximum atomic E-state index is 12.1. The maximum Gasteiger partial charge on any atom is 0.323 e. The van der Waals surface area contributed by atoms with Gasteiger partial charge in [-0.1, -0.05) is 19.8 Å². The van der Waals surface area contributed by atoms with Crippen molar-refractivity contribution in [3.8, 4) is 0 Å². The molecule has 1 aliphatic rings. The fourth-order valence-corrected chi connectivity index (χ4v) is 2.74. The van der Waals surface area contributed by atoms with Gasteiger partial charge in [0.2, 0.25) is 0 Å². The highest BCUT2D eigenvalue weighted by Crippen LogP contribution is 2.28. The number of carbonyl (C=O) groups is 1. The van der Waals surface area contributed by atoms with Crippen LogP contribution in [0.3, 0.4) is 0 Å². The van der Waals surface area contributed by atoms with Gasteiger partial charge in [0.25, 0.3) is 0 Å². The Balaban J connectivity index is 2.59. The number of nitrogens with zero attached hydrogens (tertiary/aromatic N) is 1. The second-order valence-electron chi connectivity index (χ2n) is 6.70. The van der Waals surface area contributed by atoms with Crippen LogP contribution >= 0.6 is 0 Å². The Hall–Kier alpha value is -0.570. The van der Waals surface area contributed by atoms with Gasteiger partial charge in [0.1, 0.15) is 11.6 Å². The largest absolute Gasteiger partial charge is 0.459 e. The summed E-state index contributed by atoms with van der Waals surface area (Å²) >= 11 is 0. The van der Waals surface area contributed by atoms with Crippen LogP contribution in [-0.4, -0.2) is 35.6 Å². The minimum Gasteiger partial charge on any atom is -0.459 e. The molecule has 1 rings (SSSR count). The highest BCUT2D eigenvalue weighted by molar-refractivity contribution is 5.75. The lowest BCUT2D eigenvalue weighted by Gasteiger charge is -2.39. The third-order valence-corrected chi connectivity index (χ3v) is 3.95. The lowest BCUT2D eigenvalue weighted by molar-refractivity contribution is -0.161. The summed E-state index contributed by atoms with van der Waals surface area (Å²) in [5, 5.41) is 0. The van der Waals surface area contributed by atoms with Gasteiger partial charge in [0, 0.05) is 6.04 Å². The monoisotopic (exact) mass is 255 g/mol. The SMILES string of the molecule is CC1CCCCC1N(C)C(C)C(=O)OC(C)(C)C. The molecule has 1 saturated carbocycles. The third kappa shape index (κ3) is 4.27. The van der Waals surface area contributed by atoms with Crippen molar-refractivity contribution in [2.45, 2.75) is 78.0 Å². The van der Waals surface area contributed by atoms with E-state index in [1.54, 1.807) is 0 Å². The molecule has 106 valence electrons. The molecular weight excluding hydrogens is 226 g/mol. The van der Waals surface area contributed by atoms with E-state index >= 15 is 0 Å². The van der Waals surface area contributed by atoms with E-state index in [4.69, 9.17) is 4.74 Å². The average molecular weight is 255 g/mol. The molecule has 3 atom stereocenters. The van der Waals surface area contributed by atoms with Gasteiger partial charge in [0.05, 0.1) is 0 Å². The number of rotatable bonds is 3. The molecule has 0 spiro atoms. The summed E-state index contributed by atoms with van der Waals surface area (Å²) in [6, 6.07) is 0.357. The lowest BCUT2D eigenvalue weighted by atomic mass is 9.84. The summed E-state index contributed by atoms with van der Waals surface area (Å²) in [5.41, 5.74) is -0.398.